The van der Waals surface area contributed by atoms with Crippen LogP contribution in [0.3, 0.4) is 0 Å². The molecule has 1 aromatic rings. The summed E-state index contributed by atoms with van der Waals surface area (Å²) in [4.78, 5) is 14.6. The Labute approximate surface area is 184 Å². The molecule has 164 valence electrons. The molecule has 1 aliphatic heterocycles. The second-order valence-corrected chi connectivity index (χ2v) is 8.31. The van der Waals surface area contributed by atoms with E-state index < -0.39 is 6.04 Å². The van der Waals surface area contributed by atoms with Gasteiger partial charge in [0.1, 0.15) is 12.2 Å². The molecule has 2 heterocycles. The highest BCUT2D eigenvalue weighted by Crippen LogP contribution is 2.36. The van der Waals surface area contributed by atoms with Crippen molar-refractivity contribution >= 4 is 17.5 Å². The number of hydrogen-bond donors (Lipinski definition) is 2. The van der Waals surface area contributed by atoms with Gasteiger partial charge in [-0.1, -0.05) is 35.4 Å². The van der Waals surface area contributed by atoms with Crippen molar-refractivity contribution in [2.45, 2.75) is 44.2 Å². The topological polar surface area (TPSA) is 102 Å². The molecule has 0 bridgehead atoms. The number of rotatable bonds is 6. The highest BCUT2D eigenvalue weighted by atomic mass is 35.5. The standard InChI is InChI=1S/C21H25ClFN7O/c22-16-3-6-19(30-13-25-27-28-30)18(12-16)15-7-9-29(10-8-15)20(21(31)26-24)11-14-1-4-17(23)5-2-14/h1,3-4,7,12-13,19-20H,2,5-6,8-11,24H2,(H,26,31). The Kier molecular flexibility index (Phi) is 6.74. The van der Waals surface area contributed by atoms with E-state index >= 15 is 0 Å². The summed E-state index contributed by atoms with van der Waals surface area (Å²) in [6.45, 7) is 1.30. The molecule has 2 aliphatic carbocycles. The lowest BCUT2D eigenvalue weighted by Crippen LogP contribution is -2.50. The molecule has 2 atom stereocenters. The first-order valence-electron chi connectivity index (χ1n) is 10.3. The molecule has 3 aliphatic rings. The minimum atomic E-state index is -0.400. The maximum absolute atomic E-state index is 13.3. The Morgan fingerprint density at radius 2 is 2.19 bits per heavy atom. The van der Waals surface area contributed by atoms with Crippen LogP contribution >= 0.6 is 11.6 Å². The molecule has 0 fully saturated rings. The molecule has 1 aromatic heterocycles. The maximum Gasteiger partial charge on any atom is 0.251 e. The van der Waals surface area contributed by atoms with Crippen LogP contribution in [0.4, 0.5) is 4.39 Å². The van der Waals surface area contributed by atoms with Crippen LogP contribution in [-0.4, -0.2) is 50.1 Å². The van der Waals surface area contributed by atoms with E-state index in [0.29, 0.717) is 43.8 Å². The summed E-state index contributed by atoms with van der Waals surface area (Å²) in [5.41, 5.74) is 5.61. The number of aromatic nitrogens is 4. The fourth-order valence-corrected chi connectivity index (χ4v) is 4.52. The lowest BCUT2D eigenvalue weighted by atomic mass is 9.88. The summed E-state index contributed by atoms with van der Waals surface area (Å²) in [6.07, 6.45) is 13.9. The third-order valence-corrected chi connectivity index (χ3v) is 6.27. The van der Waals surface area contributed by atoms with Gasteiger partial charge in [0.05, 0.1) is 12.1 Å². The van der Waals surface area contributed by atoms with Gasteiger partial charge in [-0.3, -0.25) is 15.1 Å². The molecule has 31 heavy (non-hydrogen) atoms. The van der Waals surface area contributed by atoms with Gasteiger partial charge in [-0.25, -0.2) is 14.9 Å². The summed E-state index contributed by atoms with van der Waals surface area (Å²) in [6, 6.07) is -0.407. The van der Waals surface area contributed by atoms with Crippen LogP contribution in [0, 0.1) is 0 Å². The number of nitrogens with zero attached hydrogens (tertiary/aromatic N) is 5. The summed E-state index contributed by atoms with van der Waals surface area (Å²) >= 11 is 6.30. The minimum Gasteiger partial charge on any atom is -0.293 e. The molecule has 0 spiro atoms. The predicted molar refractivity (Wildman–Crippen MR) is 115 cm³/mol. The quantitative estimate of drug-likeness (QED) is 0.396. The molecular weight excluding hydrogens is 421 g/mol. The highest BCUT2D eigenvalue weighted by Gasteiger charge is 2.30. The van der Waals surface area contributed by atoms with Gasteiger partial charge < -0.3 is 0 Å². The van der Waals surface area contributed by atoms with E-state index in [2.05, 4.69) is 31.9 Å². The monoisotopic (exact) mass is 445 g/mol. The average molecular weight is 446 g/mol. The molecule has 10 heteroatoms. The first kappa shape index (κ1) is 21.6. The lowest BCUT2D eigenvalue weighted by Gasteiger charge is -2.35. The minimum absolute atomic E-state index is 0.00693. The van der Waals surface area contributed by atoms with Crippen molar-refractivity contribution in [3.05, 3.63) is 64.3 Å². The smallest absolute Gasteiger partial charge is 0.251 e. The van der Waals surface area contributed by atoms with Crippen molar-refractivity contribution in [3.8, 4) is 0 Å². The molecule has 4 rings (SSSR count). The molecule has 8 nitrogen and oxygen atoms in total. The number of hydrazine groups is 1. The van der Waals surface area contributed by atoms with Crippen LogP contribution in [0.5, 0.6) is 0 Å². The fraction of sp³-hybridized carbons (Fsp3) is 0.429. The maximum atomic E-state index is 13.3. The molecule has 1 amide bonds. The normalized spacial score (nSPS) is 23.2. The SMILES string of the molecule is NNC(=O)C(CC1=CC=C(F)CC1)N1CC=C(C2=CC(Cl)=CCC2n2cnnn2)CC1. The molecule has 0 aromatic carbocycles. The summed E-state index contributed by atoms with van der Waals surface area (Å²) in [5.74, 6) is 5.09. The number of nitrogens with two attached hydrogens (primary N) is 1. The van der Waals surface area contributed by atoms with Crippen molar-refractivity contribution in [3.63, 3.8) is 0 Å². The van der Waals surface area contributed by atoms with E-state index in [-0.39, 0.29) is 17.8 Å². The summed E-state index contributed by atoms with van der Waals surface area (Å²) in [7, 11) is 0. The molecule has 0 saturated carbocycles. The number of hydrogen-bond acceptors (Lipinski definition) is 6. The zero-order valence-electron chi connectivity index (χ0n) is 17.0. The number of carbonyl (C=O) groups is 1. The Bertz CT molecular complexity index is 980. The van der Waals surface area contributed by atoms with Gasteiger partial charge in [0.15, 0.2) is 0 Å². The first-order valence-corrected chi connectivity index (χ1v) is 10.7. The van der Waals surface area contributed by atoms with Gasteiger partial charge in [0.2, 0.25) is 0 Å². The van der Waals surface area contributed by atoms with Crippen molar-refractivity contribution in [1.29, 1.82) is 0 Å². The van der Waals surface area contributed by atoms with Gasteiger partial charge in [-0.15, -0.1) is 5.10 Å². The Balaban J connectivity index is 1.51. The molecule has 2 unspecified atom stereocenters. The van der Waals surface area contributed by atoms with E-state index in [1.807, 2.05) is 12.2 Å². The fourth-order valence-electron chi connectivity index (χ4n) is 4.31. The van der Waals surface area contributed by atoms with Crippen molar-refractivity contribution in [1.82, 2.24) is 30.5 Å². The van der Waals surface area contributed by atoms with E-state index in [1.165, 1.54) is 11.6 Å². The van der Waals surface area contributed by atoms with Gasteiger partial charge in [0.25, 0.3) is 5.91 Å². The van der Waals surface area contributed by atoms with Gasteiger partial charge >= 0.3 is 0 Å². The van der Waals surface area contributed by atoms with Crippen LogP contribution in [0.25, 0.3) is 0 Å². The third kappa shape index (κ3) is 5.00. The van der Waals surface area contributed by atoms with E-state index in [4.69, 9.17) is 17.4 Å². The zero-order chi connectivity index (χ0) is 21.8. The van der Waals surface area contributed by atoms with E-state index in [0.717, 1.165) is 17.6 Å². The van der Waals surface area contributed by atoms with Gasteiger partial charge in [-0.05, 0) is 59.4 Å². The number of allylic oxidation sites excluding steroid dienone is 7. The van der Waals surface area contributed by atoms with Crippen molar-refractivity contribution in [2.24, 2.45) is 5.84 Å². The van der Waals surface area contributed by atoms with Gasteiger partial charge in [-0.2, -0.15) is 0 Å². The van der Waals surface area contributed by atoms with Crippen LogP contribution in [0.15, 0.2) is 64.3 Å². The number of halogens is 2. The molecule has 0 saturated heterocycles. The number of amides is 1. The first-order chi connectivity index (χ1) is 15.0. The number of tetrazole rings is 1. The van der Waals surface area contributed by atoms with Crippen LogP contribution in [0.2, 0.25) is 0 Å². The Morgan fingerprint density at radius 1 is 1.32 bits per heavy atom. The van der Waals surface area contributed by atoms with Crippen LogP contribution < -0.4 is 11.3 Å². The predicted octanol–water partition coefficient (Wildman–Crippen LogP) is 2.62. The second-order valence-electron chi connectivity index (χ2n) is 7.87. The molecule has 3 N–H and O–H groups in total. The Hall–Kier alpha value is -2.62. The third-order valence-electron chi connectivity index (χ3n) is 6.01. The number of carbonyl (C=O) groups excluding carboxylic acids is 1. The van der Waals surface area contributed by atoms with Crippen LogP contribution in [-0.2, 0) is 4.79 Å². The summed E-state index contributed by atoms with van der Waals surface area (Å²) in [5, 5.41) is 12.3. The lowest BCUT2D eigenvalue weighted by molar-refractivity contribution is -0.126. The van der Waals surface area contributed by atoms with Crippen molar-refractivity contribution < 1.29 is 9.18 Å². The van der Waals surface area contributed by atoms with Crippen LogP contribution in [0.1, 0.15) is 38.1 Å². The second kappa shape index (κ2) is 9.67. The highest BCUT2D eigenvalue weighted by molar-refractivity contribution is 6.31. The molecular formula is C21H25ClFN7O. The average Bonchev–Trinajstić information content (AvgIpc) is 3.33. The largest absolute Gasteiger partial charge is 0.293 e. The van der Waals surface area contributed by atoms with E-state index in [9.17, 15) is 9.18 Å². The molecule has 0 radical (unpaired) electrons. The number of nitrogens with one attached hydrogen (secondary N) is 1. The summed E-state index contributed by atoms with van der Waals surface area (Å²) < 4.78 is 15.1. The van der Waals surface area contributed by atoms with E-state index in [1.54, 1.807) is 17.1 Å². The Morgan fingerprint density at radius 3 is 2.84 bits per heavy atom. The van der Waals surface area contributed by atoms with Crippen molar-refractivity contribution in [2.75, 3.05) is 13.1 Å². The zero-order valence-corrected chi connectivity index (χ0v) is 17.8. The van der Waals surface area contributed by atoms with Gasteiger partial charge in [0, 0.05) is 24.5 Å².